The van der Waals surface area contributed by atoms with Crippen molar-refractivity contribution in [2.45, 2.75) is 123 Å². The molecule has 3 saturated carbocycles. The van der Waals surface area contributed by atoms with Crippen molar-refractivity contribution in [2.24, 2.45) is 29.6 Å². The molecule has 0 saturated heterocycles. The van der Waals surface area contributed by atoms with Gasteiger partial charge in [-0.15, -0.1) is 0 Å². The van der Waals surface area contributed by atoms with Crippen LogP contribution in [0.5, 0.6) is 0 Å². The molecule has 0 atom stereocenters. The summed E-state index contributed by atoms with van der Waals surface area (Å²) < 4.78 is 5.94. The van der Waals surface area contributed by atoms with E-state index >= 15 is 0 Å². The Labute approximate surface area is 168 Å². The molecular formula is C25H44O2. The summed E-state index contributed by atoms with van der Waals surface area (Å²) in [6, 6.07) is 0. The molecule has 27 heavy (non-hydrogen) atoms. The molecule has 3 rings (SSSR count). The van der Waals surface area contributed by atoms with Crippen LogP contribution in [0.25, 0.3) is 0 Å². The molecule has 3 aliphatic carbocycles. The zero-order valence-corrected chi connectivity index (χ0v) is 18.1. The minimum atomic E-state index is 0.138. The van der Waals surface area contributed by atoms with Crippen molar-refractivity contribution < 1.29 is 9.53 Å². The zero-order valence-electron chi connectivity index (χ0n) is 18.1. The Balaban J connectivity index is 1.34. The van der Waals surface area contributed by atoms with E-state index in [1.165, 1.54) is 77.0 Å². The van der Waals surface area contributed by atoms with Crippen molar-refractivity contribution >= 4 is 5.97 Å². The smallest absolute Gasteiger partial charge is 0.309 e. The maximum absolute atomic E-state index is 12.6. The fraction of sp³-hybridized carbons (Fsp3) is 0.960. The van der Waals surface area contributed by atoms with E-state index in [1.54, 1.807) is 0 Å². The molecule has 0 unspecified atom stereocenters. The minimum Gasteiger partial charge on any atom is -0.462 e. The summed E-state index contributed by atoms with van der Waals surface area (Å²) in [7, 11) is 0. The third-order valence-corrected chi connectivity index (χ3v) is 8.13. The lowest BCUT2D eigenvalue weighted by molar-refractivity contribution is -0.157. The second kappa shape index (κ2) is 10.9. The standard InChI is InChI=1S/C25H44O2/c1-3-5-19-7-11-21(12-8-19)22-13-15-23(16-14-22)25(26)27-24-17-9-20(6-4-2)10-18-24/h19-24H,3-18H2,1-2H3/t19-,20-,21-,22-,23-,24-. The molecule has 0 aliphatic heterocycles. The molecular weight excluding hydrogens is 332 g/mol. The second-order valence-electron chi connectivity index (χ2n) is 10.0. The van der Waals surface area contributed by atoms with E-state index in [0.717, 1.165) is 49.4 Å². The van der Waals surface area contributed by atoms with Gasteiger partial charge < -0.3 is 4.74 Å². The van der Waals surface area contributed by atoms with Gasteiger partial charge in [0.05, 0.1) is 5.92 Å². The highest BCUT2D eigenvalue weighted by Gasteiger charge is 2.34. The van der Waals surface area contributed by atoms with Crippen LogP contribution >= 0.6 is 0 Å². The van der Waals surface area contributed by atoms with E-state index < -0.39 is 0 Å². The molecule has 0 aromatic heterocycles. The lowest BCUT2D eigenvalue weighted by atomic mass is 9.69. The molecule has 2 nitrogen and oxygen atoms in total. The van der Waals surface area contributed by atoms with Crippen molar-refractivity contribution in [1.82, 2.24) is 0 Å². The molecule has 0 bridgehead atoms. The van der Waals surface area contributed by atoms with Crippen LogP contribution in [0, 0.1) is 29.6 Å². The summed E-state index contributed by atoms with van der Waals surface area (Å²) in [6.45, 7) is 4.60. The van der Waals surface area contributed by atoms with Gasteiger partial charge in [0, 0.05) is 0 Å². The Morgan fingerprint density at radius 3 is 1.59 bits per heavy atom. The van der Waals surface area contributed by atoms with Crippen LogP contribution in [0.1, 0.15) is 117 Å². The molecule has 0 radical (unpaired) electrons. The quantitative estimate of drug-likeness (QED) is 0.436. The van der Waals surface area contributed by atoms with Crippen molar-refractivity contribution in [1.29, 1.82) is 0 Å². The van der Waals surface area contributed by atoms with Crippen LogP contribution in [0.2, 0.25) is 0 Å². The summed E-state index contributed by atoms with van der Waals surface area (Å²) in [6.07, 6.45) is 20.9. The third kappa shape index (κ3) is 6.23. The maximum atomic E-state index is 12.6. The van der Waals surface area contributed by atoms with Crippen molar-refractivity contribution in [3.8, 4) is 0 Å². The van der Waals surface area contributed by atoms with Gasteiger partial charge >= 0.3 is 5.97 Å². The predicted octanol–water partition coefficient (Wildman–Crippen LogP) is 7.30. The Morgan fingerprint density at radius 2 is 1.11 bits per heavy atom. The van der Waals surface area contributed by atoms with Gasteiger partial charge in [0.2, 0.25) is 0 Å². The zero-order chi connectivity index (χ0) is 19.1. The number of carbonyl (C=O) groups excluding carboxylic acids is 1. The predicted molar refractivity (Wildman–Crippen MR) is 113 cm³/mol. The largest absolute Gasteiger partial charge is 0.462 e. The molecule has 0 N–H and O–H groups in total. The summed E-state index contributed by atoms with van der Waals surface area (Å²) >= 11 is 0. The fourth-order valence-corrected chi connectivity index (χ4v) is 6.39. The number of hydrogen-bond donors (Lipinski definition) is 0. The van der Waals surface area contributed by atoms with Gasteiger partial charge in [-0.3, -0.25) is 4.79 Å². The molecule has 0 amide bonds. The van der Waals surface area contributed by atoms with Gasteiger partial charge in [0.25, 0.3) is 0 Å². The van der Waals surface area contributed by atoms with E-state index in [2.05, 4.69) is 13.8 Å². The Kier molecular flexibility index (Phi) is 8.52. The van der Waals surface area contributed by atoms with Crippen LogP contribution in [0.15, 0.2) is 0 Å². The molecule has 0 heterocycles. The first-order chi connectivity index (χ1) is 13.2. The summed E-state index contributed by atoms with van der Waals surface area (Å²) in [5.74, 6) is 4.06. The van der Waals surface area contributed by atoms with Crippen LogP contribution in [-0.4, -0.2) is 12.1 Å². The van der Waals surface area contributed by atoms with E-state index in [-0.39, 0.29) is 18.0 Å². The Hall–Kier alpha value is -0.530. The van der Waals surface area contributed by atoms with E-state index in [0.29, 0.717) is 0 Å². The number of hydrogen-bond acceptors (Lipinski definition) is 2. The topological polar surface area (TPSA) is 26.3 Å². The monoisotopic (exact) mass is 376 g/mol. The second-order valence-corrected chi connectivity index (χ2v) is 10.0. The molecule has 3 aliphatic rings. The van der Waals surface area contributed by atoms with Crippen LogP contribution < -0.4 is 0 Å². The highest BCUT2D eigenvalue weighted by atomic mass is 16.5. The van der Waals surface area contributed by atoms with Crippen LogP contribution in [0.4, 0.5) is 0 Å². The first-order valence-corrected chi connectivity index (χ1v) is 12.4. The molecule has 156 valence electrons. The number of ether oxygens (including phenoxy) is 1. The molecule has 3 fully saturated rings. The maximum Gasteiger partial charge on any atom is 0.309 e. The normalized spacial score (nSPS) is 37.7. The molecule has 0 aromatic carbocycles. The SMILES string of the molecule is CCC[C@H]1CC[C@H](OC(=O)[C@H]2CC[C@H]([C@H]3CC[C@H](CCC)CC3)CC2)CC1. The fourth-order valence-electron chi connectivity index (χ4n) is 6.39. The van der Waals surface area contributed by atoms with Gasteiger partial charge in [0.1, 0.15) is 6.10 Å². The van der Waals surface area contributed by atoms with Crippen molar-refractivity contribution in [3.63, 3.8) is 0 Å². The Bertz CT molecular complexity index is 422. The number of carbonyl (C=O) groups is 1. The minimum absolute atomic E-state index is 0.138. The third-order valence-electron chi connectivity index (χ3n) is 8.13. The van der Waals surface area contributed by atoms with Gasteiger partial charge in [-0.25, -0.2) is 0 Å². The number of esters is 1. The average Bonchev–Trinajstić information content (AvgIpc) is 2.71. The van der Waals surface area contributed by atoms with Gasteiger partial charge in [-0.2, -0.15) is 0 Å². The van der Waals surface area contributed by atoms with Gasteiger partial charge in [-0.05, 0) is 87.9 Å². The highest BCUT2D eigenvalue weighted by molar-refractivity contribution is 5.72. The summed E-state index contributed by atoms with van der Waals surface area (Å²) in [5, 5.41) is 0. The van der Waals surface area contributed by atoms with Crippen LogP contribution in [0.3, 0.4) is 0 Å². The lowest BCUT2D eigenvalue weighted by Gasteiger charge is -2.37. The van der Waals surface area contributed by atoms with E-state index in [4.69, 9.17) is 4.74 Å². The highest BCUT2D eigenvalue weighted by Crippen LogP contribution is 2.42. The molecule has 0 aromatic rings. The van der Waals surface area contributed by atoms with Crippen molar-refractivity contribution in [3.05, 3.63) is 0 Å². The van der Waals surface area contributed by atoms with E-state index in [1.807, 2.05) is 0 Å². The van der Waals surface area contributed by atoms with Crippen molar-refractivity contribution in [2.75, 3.05) is 0 Å². The number of rotatable bonds is 7. The Morgan fingerprint density at radius 1 is 0.667 bits per heavy atom. The van der Waals surface area contributed by atoms with Gasteiger partial charge in [0.15, 0.2) is 0 Å². The first kappa shape index (κ1) is 21.2. The molecule has 0 spiro atoms. The lowest BCUT2D eigenvalue weighted by Crippen LogP contribution is -2.32. The van der Waals surface area contributed by atoms with E-state index in [9.17, 15) is 4.79 Å². The first-order valence-electron chi connectivity index (χ1n) is 12.4. The average molecular weight is 377 g/mol. The van der Waals surface area contributed by atoms with Gasteiger partial charge in [-0.1, -0.05) is 52.4 Å². The van der Waals surface area contributed by atoms with Crippen LogP contribution in [-0.2, 0) is 9.53 Å². The summed E-state index contributed by atoms with van der Waals surface area (Å²) in [5.41, 5.74) is 0. The summed E-state index contributed by atoms with van der Waals surface area (Å²) in [4.78, 5) is 12.6. The molecule has 2 heteroatoms.